The lowest BCUT2D eigenvalue weighted by Crippen LogP contribution is -2.39. The Morgan fingerprint density at radius 2 is 2.03 bits per heavy atom. The lowest BCUT2D eigenvalue weighted by Gasteiger charge is -2.34. The van der Waals surface area contributed by atoms with E-state index in [-0.39, 0.29) is 12.4 Å². The molecule has 2 aromatic heterocycles. The van der Waals surface area contributed by atoms with Crippen molar-refractivity contribution < 1.29 is 18.6 Å². The second-order valence-electron chi connectivity index (χ2n) is 7.78. The highest BCUT2D eigenvalue weighted by atomic mass is 19.1. The molecule has 1 fully saturated rings. The third-order valence-corrected chi connectivity index (χ3v) is 5.99. The van der Waals surface area contributed by atoms with Crippen LogP contribution in [0, 0.1) is 5.82 Å². The number of rotatable bonds is 5. The quantitative estimate of drug-likeness (QED) is 0.673. The van der Waals surface area contributed by atoms with Gasteiger partial charge in [-0.25, -0.2) is 9.37 Å². The van der Waals surface area contributed by atoms with Crippen LogP contribution in [-0.4, -0.2) is 47.1 Å². The van der Waals surface area contributed by atoms with Gasteiger partial charge in [-0.15, -0.1) is 10.2 Å². The SMILES string of the molecule is COCc1nnc([C@@H]2OC3(CCNCC3)c3ccc(F)cc32)n1-c1ccc(OC)nc1. The molecule has 1 N–H and O–H groups in total. The summed E-state index contributed by atoms with van der Waals surface area (Å²) in [5, 5.41) is 12.2. The molecular formula is C22H24FN5O3. The van der Waals surface area contributed by atoms with Crippen LogP contribution in [-0.2, 0) is 21.7 Å². The Kier molecular flexibility index (Phi) is 5.17. The lowest BCUT2D eigenvalue weighted by atomic mass is 9.84. The Morgan fingerprint density at radius 1 is 1.19 bits per heavy atom. The van der Waals surface area contributed by atoms with Gasteiger partial charge >= 0.3 is 0 Å². The third-order valence-electron chi connectivity index (χ3n) is 5.99. The summed E-state index contributed by atoms with van der Waals surface area (Å²) in [6, 6.07) is 8.55. The molecule has 0 unspecified atom stereocenters. The second-order valence-corrected chi connectivity index (χ2v) is 7.78. The monoisotopic (exact) mass is 425 g/mol. The molecule has 3 aromatic rings. The van der Waals surface area contributed by atoms with Crippen molar-refractivity contribution in [3.63, 3.8) is 0 Å². The largest absolute Gasteiger partial charge is 0.481 e. The maximum absolute atomic E-state index is 14.3. The first-order valence-corrected chi connectivity index (χ1v) is 10.3. The van der Waals surface area contributed by atoms with Crippen LogP contribution >= 0.6 is 0 Å². The summed E-state index contributed by atoms with van der Waals surface area (Å²) in [6.45, 7) is 1.94. The van der Waals surface area contributed by atoms with E-state index in [4.69, 9.17) is 14.2 Å². The molecule has 0 bridgehead atoms. The van der Waals surface area contributed by atoms with E-state index >= 15 is 0 Å². The number of aromatic nitrogens is 4. The summed E-state index contributed by atoms with van der Waals surface area (Å²) in [5.41, 5.74) is 2.10. The minimum Gasteiger partial charge on any atom is -0.481 e. The van der Waals surface area contributed by atoms with Crippen molar-refractivity contribution in [2.24, 2.45) is 0 Å². The molecule has 1 saturated heterocycles. The fourth-order valence-corrected chi connectivity index (χ4v) is 4.56. The zero-order chi connectivity index (χ0) is 21.4. The van der Waals surface area contributed by atoms with Crippen molar-refractivity contribution in [2.75, 3.05) is 27.3 Å². The maximum Gasteiger partial charge on any atom is 0.213 e. The average Bonchev–Trinajstić information content (AvgIpc) is 3.34. The van der Waals surface area contributed by atoms with E-state index in [0.29, 0.717) is 17.5 Å². The zero-order valence-corrected chi connectivity index (χ0v) is 17.5. The molecule has 2 aliphatic rings. The van der Waals surface area contributed by atoms with E-state index in [1.165, 1.54) is 6.07 Å². The molecule has 1 atom stereocenters. The number of benzene rings is 1. The number of nitrogens with zero attached hydrogens (tertiary/aromatic N) is 4. The van der Waals surface area contributed by atoms with Crippen molar-refractivity contribution in [1.82, 2.24) is 25.1 Å². The Balaban J connectivity index is 1.64. The first-order valence-electron chi connectivity index (χ1n) is 10.3. The Bertz CT molecular complexity index is 1080. The Labute approximate surface area is 179 Å². The molecule has 9 heteroatoms. The molecule has 0 aliphatic carbocycles. The maximum atomic E-state index is 14.3. The summed E-state index contributed by atoms with van der Waals surface area (Å²) in [4.78, 5) is 4.32. The highest BCUT2D eigenvalue weighted by Crippen LogP contribution is 2.50. The van der Waals surface area contributed by atoms with E-state index in [0.717, 1.165) is 42.7 Å². The predicted octanol–water partition coefficient (Wildman–Crippen LogP) is 2.65. The molecule has 0 amide bonds. The van der Waals surface area contributed by atoms with Gasteiger partial charge in [0.25, 0.3) is 0 Å². The van der Waals surface area contributed by atoms with Crippen LogP contribution in [0.4, 0.5) is 4.39 Å². The third kappa shape index (κ3) is 3.38. The van der Waals surface area contributed by atoms with Crippen molar-refractivity contribution in [3.05, 3.63) is 65.1 Å². The van der Waals surface area contributed by atoms with Gasteiger partial charge in [0.15, 0.2) is 11.6 Å². The summed E-state index contributed by atoms with van der Waals surface area (Å²) in [7, 11) is 3.17. The number of methoxy groups -OCH3 is 2. The van der Waals surface area contributed by atoms with Crippen LogP contribution in [0.25, 0.3) is 5.69 Å². The van der Waals surface area contributed by atoms with E-state index in [2.05, 4.69) is 20.5 Å². The van der Waals surface area contributed by atoms with Crippen LogP contribution in [0.15, 0.2) is 36.5 Å². The molecule has 0 saturated carbocycles. The van der Waals surface area contributed by atoms with E-state index in [1.807, 2.05) is 16.7 Å². The number of pyridine rings is 1. The van der Waals surface area contributed by atoms with Crippen molar-refractivity contribution in [1.29, 1.82) is 0 Å². The second kappa shape index (κ2) is 7.99. The summed E-state index contributed by atoms with van der Waals surface area (Å²) >= 11 is 0. The van der Waals surface area contributed by atoms with Crippen molar-refractivity contribution in [2.45, 2.75) is 31.2 Å². The minimum atomic E-state index is -0.552. The molecule has 2 aliphatic heterocycles. The fourth-order valence-electron chi connectivity index (χ4n) is 4.56. The fraction of sp³-hybridized carbons (Fsp3) is 0.409. The molecule has 31 heavy (non-hydrogen) atoms. The van der Waals surface area contributed by atoms with Gasteiger partial charge in [0.2, 0.25) is 5.88 Å². The van der Waals surface area contributed by atoms with Crippen molar-refractivity contribution >= 4 is 0 Å². The van der Waals surface area contributed by atoms with Gasteiger partial charge in [-0.3, -0.25) is 4.57 Å². The smallest absolute Gasteiger partial charge is 0.213 e. The molecule has 1 spiro atoms. The van der Waals surface area contributed by atoms with Crippen LogP contribution < -0.4 is 10.1 Å². The first-order chi connectivity index (χ1) is 15.1. The number of halogens is 1. The standard InChI is InChI=1S/C22H24FN5O3/c1-29-13-18-26-27-21(28(18)15-4-6-19(30-2)25-12-15)20-16-11-14(23)3-5-17(16)22(31-20)7-9-24-10-8-22/h3-6,11-12,20,24H,7-10,13H2,1-2H3/t20-/m1/s1. The van der Waals surface area contributed by atoms with Crippen LogP contribution in [0.5, 0.6) is 5.88 Å². The first kappa shape index (κ1) is 20.0. The lowest BCUT2D eigenvalue weighted by molar-refractivity contribution is -0.0829. The van der Waals surface area contributed by atoms with Gasteiger partial charge in [-0.05, 0) is 55.3 Å². The topological polar surface area (TPSA) is 83.3 Å². The highest BCUT2D eigenvalue weighted by Gasteiger charge is 2.47. The van der Waals surface area contributed by atoms with Gasteiger partial charge in [0, 0.05) is 13.2 Å². The highest BCUT2D eigenvalue weighted by molar-refractivity contribution is 5.44. The van der Waals surface area contributed by atoms with Gasteiger partial charge in [0.1, 0.15) is 18.5 Å². The van der Waals surface area contributed by atoms with E-state index in [9.17, 15) is 4.39 Å². The molecule has 4 heterocycles. The number of hydrogen-bond donors (Lipinski definition) is 1. The van der Waals surface area contributed by atoms with Gasteiger partial charge in [-0.1, -0.05) is 6.07 Å². The minimum absolute atomic E-state index is 0.261. The molecule has 162 valence electrons. The number of fused-ring (bicyclic) bond motifs is 2. The molecule has 0 radical (unpaired) electrons. The number of piperidine rings is 1. The van der Waals surface area contributed by atoms with Gasteiger partial charge in [-0.2, -0.15) is 0 Å². The molecule has 8 nitrogen and oxygen atoms in total. The normalized spacial score (nSPS) is 19.5. The number of hydrogen-bond acceptors (Lipinski definition) is 7. The Morgan fingerprint density at radius 3 is 2.74 bits per heavy atom. The zero-order valence-electron chi connectivity index (χ0n) is 17.5. The number of ether oxygens (including phenoxy) is 3. The van der Waals surface area contributed by atoms with Gasteiger partial charge < -0.3 is 19.5 Å². The van der Waals surface area contributed by atoms with E-state index < -0.39 is 11.7 Å². The molecule has 1 aromatic carbocycles. The van der Waals surface area contributed by atoms with Gasteiger partial charge in [0.05, 0.1) is 24.6 Å². The van der Waals surface area contributed by atoms with Crippen molar-refractivity contribution in [3.8, 4) is 11.6 Å². The average molecular weight is 425 g/mol. The predicted molar refractivity (Wildman–Crippen MR) is 110 cm³/mol. The van der Waals surface area contributed by atoms with Crippen LogP contribution in [0.3, 0.4) is 0 Å². The summed E-state index contributed by atoms with van der Waals surface area (Å²) in [6.07, 6.45) is 2.76. The summed E-state index contributed by atoms with van der Waals surface area (Å²) in [5.74, 6) is 1.39. The van der Waals surface area contributed by atoms with E-state index in [1.54, 1.807) is 32.5 Å². The summed E-state index contributed by atoms with van der Waals surface area (Å²) < 4.78 is 33.4. The number of nitrogens with one attached hydrogen (secondary N) is 1. The van der Waals surface area contributed by atoms with Crippen LogP contribution in [0.2, 0.25) is 0 Å². The molecular weight excluding hydrogens is 401 g/mol. The molecule has 5 rings (SSSR count). The Hall–Kier alpha value is -2.88. The van der Waals surface area contributed by atoms with Crippen LogP contribution in [0.1, 0.15) is 41.7 Å².